The quantitative estimate of drug-likeness (QED) is 0.468. The van der Waals surface area contributed by atoms with Crippen LogP contribution in [0.15, 0.2) is 58.7 Å². The molecule has 0 radical (unpaired) electrons. The fraction of sp³-hybridized carbons (Fsp3) is 0.565. The smallest absolute Gasteiger partial charge is 0.0162 e. The molecule has 0 aromatic rings. The lowest BCUT2D eigenvalue weighted by atomic mass is 9.66. The van der Waals surface area contributed by atoms with Crippen LogP contribution in [0.25, 0.3) is 0 Å². The van der Waals surface area contributed by atoms with Gasteiger partial charge in [0.25, 0.3) is 0 Å². The summed E-state index contributed by atoms with van der Waals surface area (Å²) in [5.74, 6) is 2.86. The predicted molar refractivity (Wildman–Crippen MR) is 105 cm³/mol. The largest absolute Gasteiger partial charge is 0.0819 e. The summed E-state index contributed by atoms with van der Waals surface area (Å²) in [5, 5.41) is 0. The van der Waals surface area contributed by atoms with Crippen LogP contribution in [0, 0.1) is 23.7 Å². The Hall–Kier alpha value is -1.30. The molecule has 0 heterocycles. The highest BCUT2D eigenvalue weighted by atomic mass is 14.4. The highest BCUT2D eigenvalue weighted by Gasteiger charge is 2.32. The molecule has 0 aromatic carbocycles. The van der Waals surface area contributed by atoms with Crippen molar-refractivity contribution in [1.29, 1.82) is 0 Å². The van der Waals surface area contributed by atoms with Crippen molar-refractivity contribution < 1.29 is 0 Å². The third kappa shape index (κ3) is 5.37. The first-order valence-corrected chi connectivity index (χ1v) is 9.20. The Kier molecular flexibility index (Phi) is 7.82. The van der Waals surface area contributed by atoms with Gasteiger partial charge in [0.2, 0.25) is 0 Å². The van der Waals surface area contributed by atoms with Crippen LogP contribution in [0.5, 0.6) is 0 Å². The van der Waals surface area contributed by atoms with Crippen molar-refractivity contribution in [2.75, 3.05) is 0 Å². The SMILES string of the molecule is CC/C=C(C)/C=C/C=C(C)/C=C/C1=C(C)C(C)C(C)C(C)C1C. The molecule has 128 valence electrons. The Labute approximate surface area is 144 Å². The summed E-state index contributed by atoms with van der Waals surface area (Å²) in [6, 6.07) is 0. The second-order valence-electron chi connectivity index (χ2n) is 7.39. The Morgan fingerprint density at radius 1 is 0.913 bits per heavy atom. The molecule has 0 heteroatoms. The topological polar surface area (TPSA) is 0 Å². The molecule has 0 fully saturated rings. The van der Waals surface area contributed by atoms with Gasteiger partial charge < -0.3 is 0 Å². The van der Waals surface area contributed by atoms with Gasteiger partial charge in [0, 0.05) is 0 Å². The minimum absolute atomic E-state index is 0.649. The fourth-order valence-electron chi connectivity index (χ4n) is 3.51. The molecule has 0 amide bonds. The molecule has 0 saturated carbocycles. The van der Waals surface area contributed by atoms with Gasteiger partial charge >= 0.3 is 0 Å². The van der Waals surface area contributed by atoms with Crippen LogP contribution >= 0.6 is 0 Å². The molecular formula is C23H36. The maximum Gasteiger partial charge on any atom is -0.0162 e. The molecule has 0 saturated heterocycles. The van der Waals surface area contributed by atoms with Crippen molar-refractivity contribution in [2.45, 2.75) is 61.8 Å². The first kappa shape index (κ1) is 19.7. The highest BCUT2D eigenvalue weighted by Crippen LogP contribution is 2.42. The third-order valence-corrected chi connectivity index (χ3v) is 5.81. The molecule has 1 rings (SSSR count). The minimum Gasteiger partial charge on any atom is -0.0819 e. The Bertz CT molecular complexity index is 536. The summed E-state index contributed by atoms with van der Waals surface area (Å²) in [7, 11) is 0. The van der Waals surface area contributed by atoms with Crippen molar-refractivity contribution in [2.24, 2.45) is 23.7 Å². The molecule has 4 unspecified atom stereocenters. The summed E-state index contributed by atoms with van der Waals surface area (Å²) in [6.07, 6.45) is 14.5. The van der Waals surface area contributed by atoms with Gasteiger partial charge in [0.1, 0.15) is 0 Å². The Morgan fingerprint density at radius 3 is 2.13 bits per heavy atom. The van der Waals surface area contributed by atoms with Crippen molar-refractivity contribution in [3.8, 4) is 0 Å². The number of allylic oxidation sites excluding steroid dienone is 10. The number of hydrogen-bond acceptors (Lipinski definition) is 0. The molecule has 0 bridgehead atoms. The van der Waals surface area contributed by atoms with Crippen LogP contribution in [0.4, 0.5) is 0 Å². The van der Waals surface area contributed by atoms with Crippen LogP contribution in [0.1, 0.15) is 61.8 Å². The van der Waals surface area contributed by atoms with E-state index in [0.29, 0.717) is 11.8 Å². The zero-order valence-corrected chi connectivity index (χ0v) is 16.5. The molecule has 0 N–H and O–H groups in total. The summed E-state index contributed by atoms with van der Waals surface area (Å²) < 4.78 is 0. The van der Waals surface area contributed by atoms with Gasteiger partial charge in [0.15, 0.2) is 0 Å². The van der Waals surface area contributed by atoms with Crippen LogP contribution in [0.2, 0.25) is 0 Å². The molecule has 0 aliphatic heterocycles. The van der Waals surface area contributed by atoms with Gasteiger partial charge in [-0.25, -0.2) is 0 Å². The zero-order chi connectivity index (χ0) is 17.6. The van der Waals surface area contributed by atoms with E-state index in [9.17, 15) is 0 Å². The molecular weight excluding hydrogens is 276 g/mol. The molecule has 0 spiro atoms. The molecule has 0 nitrogen and oxygen atoms in total. The monoisotopic (exact) mass is 312 g/mol. The van der Waals surface area contributed by atoms with Crippen LogP contribution in [-0.4, -0.2) is 0 Å². The zero-order valence-electron chi connectivity index (χ0n) is 16.5. The van der Waals surface area contributed by atoms with Crippen LogP contribution < -0.4 is 0 Å². The molecule has 0 aromatic heterocycles. The fourth-order valence-corrected chi connectivity index (χ4v) is 3.51. The molecule has 1 aliphatic rings. The van der Waals surface area contributed by atoms with E-state index in [-0.39, 0.29) is 0 Å². The lowest BCUT2D eigenvalue weighted by Crippen LogP contribution is -2.30. The number of rotatable bonds is 5. The van der Waals surface area contributed by atoms with Gasteiger partial charge in [-0.05, 0) is 56.4 Å². The molecule has 4 atom stereocenters. The Balaban J connectivity index is 2.88. The van der Waals surface area contributed by atoms with Gasteiger partial charge in [-0.1, -0.05) is 87.8 Å². The van der Waals surface area contributed by atoms with E-state index in [1.54, 1.807) is 11.1 Å². The van der Waals surface area contributed by atoms with Gasteiger partial charge in [-0.2, -0.15) is 0 Å². The average molecular weight is 313 g/mol. The van der Waals surface area contributed by atoms with E-state index in [1.165, 1.54) is 11.1 Å². The second kappa shape index (κ2) is 9.11. The summed E-state index contributed by atoms with van der Waals surface area (Å²) >= 11 is 0. The summed E-state index contributed by atoms with van der Waals surface area (Å²) in [6.45, 7) is 18.4. The molecule has 23 heavy (non-hydrogen) atoms. The first-order valence-electron chi connectivity index (χ1n) is 9.20. The van der Waals surface area contributed by atoms with Crippen molar-refractivity contribution >= 4 is 0 Å². The normalized spacial score (nSPS) is 30.8. The maximum atomic E-state index is 2.40. The Morgan fingerprint density at radius 2 is 1.52 bits per heavy atom. The van der Waals surface area contributed by atoms with Crippen LogP contribution in [0.3, 0.4) is 0 Å². The van der Waals surface area contributed by atoms with E-state index < -0.39 is 0 Å². The van der Waals surface area contributed by atoms with E-state index in [4.69, 9.17) is 0 Å². The lowest BCUT2D eigenvalue weighted by molar-refractivity contribution is 0.230. The number of hydrogen-bond donors (Lipinski definition) is 0. The standard InChI is InChI=1S/C23H36/c1-9-11-16(2)12-10-13-17(3)14-15-23-21(7)19(5)18(4)20(6)22(23)8/h10-15,18-21H,9H2,1-8H3/b12-10+,15-14+,16-11+,17-13+. The lowest BCUT2D eigenvalue weighted by Gasteiger charge is -2.39. The van der Waals surface area contributed by atoms with E-state index in [0.717, 1.165) is 18.3 Å². The van der Waals surface area contributed by atoms with Crippen LogP contribution in [-0.2, 0) is 0 Å². The maximum absolute atomic E-state index is 2.40. The first-order chi connectivity index (χ1) is 10.8. The third-order valence-electron chi connectivity index (χ3n) is 5.81. The van der Waals surface area contributed by atoms with E-state index >= 15 is 0 Å². The summed E-state index contributed by atoms with van der Waals surface area (Å²) in [4.78, 5) is 0. The van der Waals surface area contributed by atoms with E-state index in [2.05, 4.69) is 91.8 Å². The van der Waals surface area contributed by atoms with Gasteiger partial charge in [0.05, 0.1) is 0 Å². The highest BCUT2D eigenvalue weighted by molar-refractivity contribution is 5.36. The average Bonchev–Trinajstić information content (AvgIpc) is 2.51. The molecule has 1 aliphatic carbocycles. The summed E-state index contributed by atoms with van der Waals surface area (Å²) in [5.41, 5.74) is 5.75. The van der Waals surface area contributed by atoms with Crippen molar-refractivity contribution in [3.63, 3.8) is 0 Å². The van der Waals surface area contributed by atoms with Crippen molar-refractivity contribution in [1.82, 2.24) is 0 Å². The van der Waals surface area contributed by atoms with Gasteiger partial charge in [-0.15, -0.1) is 0 Å². The predicted octanol–water partition coefficient (Wildman–Crippen LogP) is 7.28. The minimum atomic E-state index is 0.649. The second-order valence-corrected chi connectivity index (χ2v) is 7.39. The van der Waals surface area contributed by atoms with E-state index in [1.807, 2.05) is 0 Å². The van der Waals surface area contributed by atoms with Gasteiger partial charge in [-0.3, -0.25) is 0 Å². The van der Waals surface area contributed by atoms with Crippen molar-refractivity contribution in [3.05, 3.63) is 58.7 Å².